The second-order valence-corrected chi connectivity index (χ2v) is 6.69. The summed E-state index contributed by atoms with van der Waals surface area (Å²) in [5.41, 5.74) is 1.16. The molecule has 142 valence electrons. The highest BCUT2D eigenvalue weighted by molar-refractivity contribution is 5.80. The van der Waals surface area contributed by atoms with Gasteiger partial charge >= 0.3 is 5.69 Å². The van der Waals surface area contributed by atoms with E-state index in [0.717, 1.165) is 16.5 Å². The third kappa shape index (κ3) is 3.34. The fourth-order valence-electron chi connectivity index (χ4n) is 3.47. The molecule has 4 rings (SSSR count). The maximum atomic E-state index is 12.2. The number of para-hydroxylation sites is 1. The van der Waals surface area contributed by atoms with Crippen LogP contribution in [0, 0.1) is 0 Å². The third-order valence-electron chi connectivity index (χ3n) is 4.96. The molecule has 0 amide bonds. The Kier molecular flexibility index (Phi) is 4.69. The van der Waals surface area contributed by atoms with Gasteiger partial charge in [0.05, 0.1) is 19.0 Å². The highest BCUT2D eigenvalue weighted by Gasteiger charge is 2.35. The Balaban J connectivity index is 1.58. The number of nitrogens with one attached hydrogen (secondary N) is 1. The Morgan fingerprint density at radius 2 is 1.96 bits per heavy atom. The van der Waals surface area contributed by atoms with Crippen LogP contribution in [0.3, 0.4) is 0 Å². The van der Waals surface area contributed by atoms with E-state index in [1.165, 1.54) is 10.8 Å². The van der Waals surface area contributed by atoms with E-state index in [9.17, 15) is 19.8 Å². The van der Waals surface area contributed by atoms with Crippen LogP contribution in [-0.4, -0.2) is 38.6 Å². The molecular weight excluding hydrogens is 352 g/mol. The molecule has 3 N–H and O–H groups in total. The predicted molar refractivity (Wildman–Crippen MR) is 96.6 cm³/mol. The van der Waals surface area contributed by atoms with Gasteiger partial charge in [0, 0.05) is 23.6 Å². The van der Waals surface area contributed by atoms with Gasteiger partial charge in [-0.3, -0.25) is 14.3 Å². The lowest BCUT2D eigenvalue weighted by Crippen LogP contribution is -2.34. The van der Waals surface area contributed by atoms with Crippen LogP contribution in [0.1, 0.15) is 23.8 Å². The minimum atomic E-state index is -0.862. The number of benzene rings is 1. The van der Waals surface area contributed by atoms with Gasteiger partial charge in [-0.2, -0.15) is 0 Å². The standard InChI is InChI=1S/C19H20N2O6/c22-9-16-14(23)7-17(27-16)21-8-11(18(24)20-19(21)25)5-6-12-10-26-15-4-2-1-3-13(12)15/h1-4,8,10,14,16-17,22-23H,5-7,9H2,(H,20,24,25)/t14-,16+,17+/m0/s1. The number of aliphatic hydroxyl groups excluding tert-OH is 2. The number of aliphatic hydroxyl groups is 2. The molecule has 0 spiro atoms. The lowest BCUT2D eigenvalue weighted by molar-refractivity contribution is -0.0460. The van der Waals surface area contributed by atoms with Crippen molar-refractivity contribution in [3.63, 3.8) is 0 Å². The SMILES string of the molecule is O=c1[nH]c(=O)n([C@H]2C[C@H](O)[C@@H](CO)O2)cc1CCc1coc2ccccc12. The van der Waals surface area contributed by atoms with E-state index in [0.29, 0.717) is 18.4 Å². The summed E-state index contributed by atoms with van der Waals surface area (Å²) in [6, 6.07) is 7.66. The molecule has 0 unspecified atom stereocenters. The maximum Gasteiger partial charge on any atom is 0.330 e. The molecule has 0 saturated carbocycles. The van der Waals surface area contributed by atoms with E-state index >= 15 is 0 Å². The van der Waals surface area contributed by atoms with Crippen LogP contribution >= 0.6 is 0 Å². The van der Waals surface area contributed by atoms with Crippen molar-refractivity contribution in [2.75, 3.05) is 6.61 Å². The monoisotopic (exact) mass is 372 g/mol. The van der Waals surface area contributed by atoms with Gasteiger partial charge in [0.25, 0.3) is 5.56 Å². The van der Waals surface area contributed by atoms with Crippen molar-refractivity contribution in [1.29, 1.82) is 0 Å². The van der Waals surface area contributed by atoms with Crippen LogP contribution in [0.25, 0.3) is 11.0 Å². The number of furan rings is 1. The van der Waals surface area contributed by atoms with Crippen molar-refractivity contribution in [2.45, 2.75) is 37.7 Å². The van der Waals surface area contributed by atoms with Crippen molar-refractivity contribution in [2.24, 2.45) is 0 Å². The number of aromatic nitrogens is 2. The molecule has 0 radical (unpaired) electrons. The molecule has 8 nitrogen and oxygen atoms in total. The lowest BCUT2D eigenvalue weighted by atomic mass is 10.1. The lowest BCUT2D eigenvalue weighted by Gasteiger charge is -2.15. The van der Waals surface area contributed by atoms with Gasteiger partial charge in [-0.1, -0.05) is 18.2 Å². The molecule has 1 fully saturated rings. The molecule has 0 aliphatic carbocycles. The van der Waals surface area contributed by atoms with Crippen LogP contribution in [0.5, 0.6) is 0 Å². The highest BCUT2D eigenvalue weighted by Crippen LogP contribution is 2.27. The Bertz CT molecular complexity index is 1070. The first-order valence-electron chi connectivity index (χ1n) is 8.80. The zero-order valence-electron chi connectivity index (χ0n) is 14.5. The summed E-state index contributed by atoms with van der Waals surface area (Å²) in [6.07, 6.45) is 1.98. The van der Waals surface area contributed by atoms with Crippen molar-refractivity contribution in [1.82, 2.24) is 9.55 Å². The molecule has 2 aromatic heterocycles. The summed E-state index contributed by atoms with van der Waals surface area (Å²) >= 11 is 0. The zero-order valence-corrected chi connectivity index (χ0v) is 14.5. The van der Waals surface area contributed by atoms with E-state index in [1.54, 1.807) is 6.26 Å². The first-order valence-corrected chi connectivity index (χ1v) is 8.80. The van der Waals surface area contributed by atoms with Gasteiger partial charge in [-0.05, 0) is 24.5 Å². The van der Waals surface area contributed by atoms with Crippen molar-refractivity contribution in [3.05, 3.63) is 68.7 Å². The molecule has 8 heteroatoms. The van der Waals surface area contributed by atoms with E-state index in [1.807, 2.05) is 24.3 Å². The number of hydrogen-bond acceptors (Lipinski definition) is 6. The summed E-state index contributed by atoms with van der Waals surface area (Å²) in [5, 5.41) is 20.1. The minimum absolute atomic E-state index is 0.170. The number of aromatic amines is 1. The second-order valence-electron chi connectivity index (χ2n) is 6.69. The molecule has 3 atom stereocenters. The van der Waals surface area contributed by atoms with Crippen molar-refractivity contribution < 1.29 is 19.4 Å². The van der Waals surface area contributed by atoms with Gasteiger partial charge in [-0.25, -0.2) is 4.79 Å². The number of aryl methyl sites for hydroxylation is 2. The number of nitrogens with zero attached hydrogens (tertiary/aromatic N) is 1. The molecule has 1 aliphatic rings. The summed E-state index contributed by atoms with van der Waals surface area (Å²) in [4.78, 5) is 26.7. The third-order valence-corrected chi connectivity index (χ3v) is 4.96. The topological polar surface area (TPSA) is 118 Å². The number of ether oxygens (including phenoxy) is 1. The molecular formula is C19H20N2O6. The highest BCUT2D eigenvalue weighted by atomic mass is 16.5. The largest absolute Gasteiger partial charge is 0.464 e. The maximum absolute atomic E-state index is 12.2. The van der Waals surface area contributed by atoms with Gasteiger partial charge in [-0.15, -0.1) is 0 Å². The van der Waals surface area contributed by atoms with Crippen LogP contribution in [0.2, 0.25) is 0 Å². The molecule has 1 saturated heterocycles. The first kappa shape index (κ1) is 17.7. The van der Waals surface area contributed by atoms with Crippen LogP contribution in [0.15, 0.2) is 50.7 Å². The first-order chi connectivity index (χ1) is 13.1. The number of hydrogen-bond donors (Lipinski definition) is 3. The quantitative estimate of drug-likeness (QED) is 0.607. The van der Waals surface area contributed by atoms with E-state index in [4.69, 9.17) is 9.15 Å². The average molecular weight is 372 g/mol. The fraction of sp³-hybridized carbons (Fsp3) is 0.368. The normalized spacial score (nSPS) is 22.5. The van der Waals surface area contributed by atoms with Gasteiger partial charge in [0.1, 0.15) is 17.9 Å². The van der Waals surface area contributed by atoms with Gasteiger partial charge in [0.2, 0.25) is 0 Å². The number of rotatable bonds is 5. The van der Waals surface area contributed by atoms with Crippen LogP contribution < -0.4 is 11.2 Å². The van der Waals surface area contributed by atoms with Gasteiger partial charge in [0.15, 0.2) is 0 Å². The summed E-state index contributed by atoms with van der Waals surface area (Å²) < 4.78 is 12.3. The number of fused-ring (bicyclic) bond motifs is 1. The minimum Gasteiger partial charge on any atom is -0.464 e. The zero-order chi connectivity index (χ0) is 19.0. The second kappa shape index (κ2) is 7.15. The Morgan fingerprint density at radius 1 is 1.19 bits per heavy atom. The van der Waals surface area contributed by atoms with Crippen molar-refractivity contribution >= 4 is 11.0 Å². The Hall–Kier alpha value is -2.68. The molecule has 3 heterocycles. The number of H-pyrrole nitrogens is 1. The van der Waals surface area contributed by atoms with E-state index in [-0.39, 0.29) is 13.0 Å². The van der Waals surface area contributed by atoms with Crippen molar-refractivity contribution in [3.8, 4) is 0 Å². The van der Waals surface area contributed by atoms with Crippen LogP contribution in [-0.2, 0) is 17.6 Å². The Labute approximate surface area is 153 Å². The van der Waals surface area contributed by atoms with E-state index < -0.39 is 29.7 Å². The molecule has 0 bridgehead atoms. The summed E-state index contributed by atoms with van der Waals surface area (Å²) in [7, 11) is 0. The molecule has 1 aliphatic heterocycles. The predicted octanol–water partition coefficient (Wildman–Crippen LogP) is 0.709. The van der Waals surface area contributed by atoms with Crippen LogP contribution in [0.4, 0.5) is 0 Å². The Morgan fingerprint density at radius 3 is 2.74 bits per heavy atom. The molecule has 27 heavy (non-hydrogen) atoms. The summed E-state index contributed by atoms with van der Waals surface area (Å²) in [6.45, 7) is -0.337. The average Bonchev–Trinajstić information content (AvgIpc) is 3.24. The smallest absolute Gasteiger partial charge is 0.330 e. The molecule has 1 aromatic carbocycles. The fourth-order valence-corrected chi connectivity index (χ4v) is 3.47. The molecule has 3 aromatic rings. The van der Waals surface area contributed by atoms with Gasteiger partial charge < -0.3 is 19.4 Å². The van der Waals surface area contributed by atoms with E-state index in [2.05, 4.69) is 4.98 Å². The summed E-state index contributed by atoms with van der Waals surface area (Å²) in [5.74, 6) is 0.